The minimum absolute atomic E-state index is 0.0931. The molecule has 4 rings (SSSR count). The van der Waals surface area contributed by atoms with Gasteiger partial charge < -0.3 is 22.8 Å². The van der Waals surface area contributed by atoms with Gasteiger partial charge in [0, 0.05) is 18.6 Å². The summed E-state index contributed by atoms with van der Waals surface area (Å²) in [6.45, 7) is 29.1. The molecule has 0 spiro atoms. The van der Waals surface area contributed by atoms with E-state index in [1.54, 1.807) is 0 Å². The predicted octanol–water partition coefficient (Wildman–Crippen LogP) is 10.1. The minimum atomic E-state index is -1.84. The summed E-state index contributed by atoms with van der Waals surface area (Å²) in [6.07, 6.45) is 12.9. The molecular formula is C40H76O7Si3. The van der Waals surface area contributed by atoms with E-state index in [9.17, 15) is 9.59 Å². The first-order valence-corrected chi connectivity index (χ1v) is 30.4. The molecule has 10 heteroatoms. The van der Waals surface area contributed by atoms with E-state index in [-0.39, 0.29) is 35.8 Å². The van der Waals surface area contributed by atoms with Crippen molar-refractivity contribution in [1.29, 1.82) is 0 Å². The van der Waals surface area contributed by atoms with Gasteiger partial charge in [-0.25, -0.2) is 0 Å². The smallest absolute Gasteiger partial charge is 0.308 e. The Morgan fingerprint density at radius 3 is 1.96 bits per heavy atom. The number of hydrogen-bond donors (Lipinski definition) is 0. The Bertz CT molecular complexity index is 1160. The third kappa shape index (κ3) is 9.76. The van der Waals surface area contributed by atoms with Gasteiger partial charge in [0.2, 0.25) is 0 Å². The molecule has 50 heavy (non-hydrogen) atoms. The predicted molar refractivity (Wildman–Crippen MR) is 210 cm³/mol. The van der Waals surface area contributed by atoms with Crippen LogP contribution in [0.3, 0.4) is 0 Å². The van der Waals surface area contributed by atoms with Crippen LogP contribution in [0.15, 0.2) is 0 Å². The molecule has 0 aromatic rings. The first-order chi connectivity index (χ1) is 23.0. The van der Waals surface area contributed by atoms with Crippen LogP contribution < -0.4 is 0 Å². The minimum Gasteiger partial charge on any atom is -0.469 e. The summed E-state index contributed by atoms with van der Waals surface area (Å²) in [5.41, 5.74) is 0.387. The molecule has 0 N–H and O–H groups in total. The summed E-state index contributed by atoms with van der Waals surface area (Å²) in [6, 6.07) is 0. The van der Waals surface area contributed by atoms with Crippen molar-refractivity contribution in [3.63, 3.8) is 0 Å². The summed E-state index contributed by atoms with van der Waals surface area (Å²) in [7, 11) is -2.40. The van der Waals surface area contributed by atoms with E-state index < -0.39 is 25.0 Å². The molecule has 4 fully saturated rings. The van der Waals surface area contributed by atoms with Gasteiger partial charge in [0.05, 0.1) is 26.2 Å². The fourth-order valence-corrected chi connectivity index (χ4v) is 15.3. The third-order valence-corrected chi connectivity index (χ3v) is 16.7. The number of carbonyl (C=O) groups is 2. The lowest BCUT2D eigenvalue weighted by molar-refractivity contribution is -0.199. The lowest BCUT2D eigenvalue weighted by Gasteiger charge is -2.66. The summed E-state index contributed by atoms with van der Waals surface area (Å²) >= 11 is 0. The molecule has 4 aliphatic carbocycles. The van der Waals surface area contributed by atoms with E-state index in [0.29, 0.717) is 59.6 Å². The van der Waals surface area contributed by atoms with Crippen molar-refractivity contribution >= 4 is 36.9 Å². The average molecular weight is 753 g/mol. The molecule has 0 aliphatic heterocycles. The van der Waals surface area contributed by atoms with Gasteiger partial charge in [-0.2, -0.15) is 0 Å². The van der Waals surface area contributed by atoms with Crippen molar-refractivity contribution in [2.75, 3.05) is 14.2 Å². The Hall–Kier alpha value is -0.529. The number of esters is 2. The van der Waals surface area contributed by atoms with Crippen molar-refractivity contribution in [2.24, 2.45) is 52.3 Å². The molecule has 3 unspecified atom stereocenters. The van der Waals surface area contributed by atoms with Gasteiger partial charge in [0.15, 0.2) is 25.0 Å². The summed E-state index contributed by atoms with van der Waals surface area (Å²) in [5.74, 6) is 2.75. The zero-order chi connectivity index (χ0) is 37.4. The molecule has 4 saturated carbocycles. The highest BCUT2D eigenvalue weighted by molar-refractivity contribution is 6.70. The molecule has 290 valence electrons. The van der Waals surface area contributed by atoms with Crippen molar-refractivity contribution in [3.05, 3.63) is 0 Å². The second kappa shape index (κ2) is 16.1. The van der Waals surface area contributed by atoms with Crippen LogP contribution in [0.25, 0.3) is 0 Å². The largest absolute Gasteiger partial charge is 0.469 e. The normalized spacial score (nSPS) is 37.2. The topological polar surface area (TPSA) is 80.3 Å². The Morgan fingerprint density at radius 1 is 0.740 bits per heavy atom. The molecule has 0 amide bonds. The van der Waals surface area contributed by atoms with Crippen LogP contribution in [-0.2, 0) is 32.3 Å². The Balaban J connectivity index is 1.62. The zero-order valence-electron chi connectivity index (χ0n) is 34.6. The average Bonchev–Trinajstić information content (AvgIpc) is 3.35. The van der Waals surface area contributed by atoms with Gasteiger partial charge in [0.25, 0.3) is 0 Å². The molecule has 7 nitrogen and oxygen atoms in total. The Kier molecular flexibility index (Phi) is 13.6. The molecule has 0 saturated heterocycles. The second-order valence-corrected chi connectivity index (χ2v) is 33.8. The molecular weight excluding hydrogens is 677 g/mol. The molecule has 0 bridgehead atoms. The lowest BCUT2D eigenvalue weighted by Crippen LogP contribution is -2.64. The van der Waals surface area contributed by atoms with Crippen LogP contribution in [0.4, 0.5) is 0 Å². The van der Waals surface area contributed by atoms with E-state index in [1.165, 1.54) is 52.7 Å². The molecule has 12 atom stereocenters. The van der Waals surface area contributed by atoms with Crippen LogP contribution in [0.5, 0.6) is 0 Å². The standard InChI is InChI=1S/C40H76O7Si3/c1-27(16-15-17-28(38(42)44-5)18-21-36(41)43-4)31-19-20-32-37-33(26-35(40(31,32)3)47-50(12,13)14)39(2)23-22-30(45-48(6,7)8)24-29(39)25-34(37)46-49(9,10)11/h27-35,37H,15-26H2,1-14H3/t27-,28?,29+,30-,31-,32?,33+,34-,35+,37?,39+,40-/m1/s1. The molecule has 0 heterocycles. The fraction of sp³-hybridized carbons (Fsp3) is 0.950. The van der Waals surface area contributed by atoms with Gasteiger partial charge in [-0.3, -0.25) is 9.59 Å². The van der Waals surface area contributed by atoms with Gasteiger partial charge in [0.1, 0.15) is 0 Å². The molecule has 0 radical (unpaired) electrons. The lowest BCUT2D eigenvalue weighted by atomic mass is 9.43. The Morgan fingerprint density at radius 2 is 1.38 bits per heavy atom. The zero-order valence-corrected chi connectivity index (χ0v) is 37.6. The summed E-state index contributed by atoms with van der Waals surface area (Å²) < 4.78 is 31.5. The maximum Gasteiger partial charge on any atom is 0.308 e. The maximum atomic E-state index is 12.6. The van der Waals surface area contributed by atoms with E-state index in [1.807, 2.05) is 0 Å². The summed E-state index contributed by atoms with van der Waals surface area (Å²) in [5, 5.41) is 0. The van der Waals surface area contributed by atoms with Crippen molar-refractivity contribution in [1.82, 2.24) is 0 Å². The van der Waals surface area contributed by atoms with Gasteiger partial charge in [-0.15, -0.1) is 0 Å². The molecule has 0 aromatic heterocycles. The van der Waals surface area contributed by atoms with Gasteiger partial charge >= 0.3 is 11.9 Å². The van der Waals surface area contributed by atoms with Crippen LogP contribution >= 0.6 is 0 Å². The van der Waals surface area contributed by atoms with Crippen LogP contribution in [0.2, 0.25) is 58.9 Å². The highest BCUT2D eigenvalue weighted by Gasteiger charge is 2.67. The number of methoxy groups -OCH3 is 2. The van der Waals surface area contributed by atoms with Gasteiger partial charge in [-0.05, 0) is 163 Å². The van der Waals surface area contributed by atoms with E-state index in [0.717, 1.165) is 25.7 Å². The Labute approximate surface area is 309 Å². The third-order valence-electron chi connectivity index (χ3n) is 13.6. The van der Waals surface area contributed by atoms with Crippen LogP contribution in [0, 0.1) is 52.3 Å². The number of ether oxygens (including phenoxy) is 2. The monoisotopic (exact) mass is 752 g/mol. The first kappa shape index (κ1) is 42.2. The summed E-state index contributed by atoms with van der Waals surface area (Å²) in [4.78, 5) is 24.5. The first-order valence-electron chi connectivity index (χ1n) is 20.2. The maximum absolute atomic E-state index is 12.6. The number of carbonyl (C=O) groups excluding carboxylic acids is 2. The highest BCUT2D eigenvalue weighted by atomic mass is 28.4. The molecule has 4 aliphatic rings. The van der Waals surface area contributed by atoms with E-state index >= 15 is 0 Å². The van der Waals surface area contributed by atoms with Gasteiger partial charge in [-0.1, -0.05) is 33.6 Å². The quantitative estimate of drug-likeness (QED) is 0.122. The van der Waals surface area contributed by atoms with Crippen LogP contribution in [-0.4, -0.2) is 69.4 Å². The highest BCUT2D eigenvalue weighted by Crippen LogP contribution is 2.69. The number of rotatable bonds is 15. The van der Waals surface area contributed by atoms with E-state index in [4.69, 9.17) is 22.8 Å². The van der Waals surface area contributed by atoms with E-state index in [2.05, 4.69) is 79.7 Å². The second-order valence-electron chi connectivity index (χ2n) is 20.4. The molecule has 0 aromatic carbocycles. The number of hydrogen-bond acceptors (Lipinski definition) is 7. The van der Waals surface area contributed by atoms with Crippen molar-refractivity contribution < 1.29 is 32.3 Å². The SMILES string of the molecule is COC(=O)CCC(CCC[C@@H](C)[C@H]1CCC2C3[C@H](O[Si](C)(C)C)C[C@@H]4C[C@H](O[Si](C)(C)C)CC[C@]4(C)[C@H]3C[C@H](O[Si](C)(C)C)[C@@]21C)C(=O)OC. The number of fused-ring (bicyclic) bond motifs is 5. The van der Waals surface area contributed by atoms with Crippen LogP contribution in [0.1, 0.15) is 97.8 Å². The fourth-order valence-electron chi connectivity index (χ4n) is 11.7. The van der Waals surface area contributed by atoms with Crippen molar-refractivity contribution in [2.45, 2.75) is 175 Å². The van der Waals surface area contributed by atoms with Crippen molar-refractivity contribution in [3.8, 4) is 0 Å².